The highest BCUT2D eigenvalue weighted by Gasteiger charge is 2.32. The van der Waals surface area contributed by atoms with E-state index in [1.165, 1.54) is 0 Å². The van der Waals surface area contributed by atoms with Gasteiger partial charge in [0.05, 0.1) is 5.41 Å². The van der Waals surface area contributed by atoms with Crippen LogP contribution in [-0.4, -0.2) is 35.5 Å². The van der Waals surface area contributed by atoms with Crippen molar-refractivity contribution >= 4 is 17.8 Å². The number of hydrogen-bond acceptors (Lipinski definition) is 4. The van der Waals surface area contributed by atoms with Crippen molar-refractivity contribution in [2.24, 2.45) is 16.9 Å². The standard InChI is InChI=1S/C11H21N3O4/c1-3-11(2,6-12)10(18)14-7(9(16)17)4-5-8(13)15/h7H,3-6,12H2,1-2H3,(H2,13,15)(H,14,18)(H,16,17). The third-order valence-electron chi connectivity index (χ3n) is 3.06. The topological polar surface area (TPSA) is 136 Å². The number of primary amides is 1. The summed E-state index contributed by atoms with van der Waals surface area (Å²) in [5.41, 5.74) is 9.65. The maximum Gasteiger partial charge on any atom is 0.326 e. The van der Waals surface area contributed by atoms with E-state index < -0.39 is 29.2 Å². The minimum absolute atomic E-state index is 0.0270. The normalized spacial score (nSPS) is 15.5. The van der Waals surface area contributed by atoms with Gasteiger partial charge in [0.2, 0.25) is 11.8 Å². The average molecular weight is 259 g/mol. The highest BCUT2D eigenvalue weighted by Crippen LogP contribution is 2.19. The number of hydrogen-bond donors (Lipinski definition) is 4. The zero-order valence-electron chi connectivity index (χ0n) is 10.7. The summed E-state index contributed by atoms with van der Waals surface area (Å²) in [6, 6.07) is -1.12. The van der Waals surface area contributed by atoms with Crippen molar-refractivity contribution < 1.29 is 19.5 Å². The van der Waals surface area contributed by atoms with Gasteiger partial charge in [-0.05, 0) is 19.8 Å². The van der Waals surface area contributed by atoms with Crippen molar-refractivity contribution in [2.75, 3.05) is 6.54 Å². The lowest BCUT2D eigenvalue weighted by atomic mass is 9.86. The van der Waals surface area contributed by atoms with Crippen LogP contribution in [0, 0.1) is 5.41 Å². The molecule has 7 nitrogen and oxygen atoms in total. The third kappa shape index (κ3) is 4.70. The summed E-state index contributed by atoms with van der Waals surface area (Å²) in [5.74, 6) is -2.22. The second-order valence-corrected chi connectivity index (χ2v) is 4.49. The number of aliphatic carboxylic acids is 1. The Morgan fingerprint density at radius 2 is 1.94 bits per heavy atom. The summed E-state index contributed by atoms with van der Waals surface area (Å²) in [7, 11) is 0. The second kappa shape index (κ2) is 6.95. The summed E-state index contributed by atoms with van der Waals surface area (Å²) in [4.78, 5) is 33.5. The van der Waals surface area contributed by atoms with Crippen molar-refractivity contribution in [3.05, 3.63) is 0 Å². The number of rotatable bonds is 8. The first-order valence-electron chi connectivity index (χ1n) is 5.79. The first-order valence-corrected chi connectivity index (χ1v) is 5.79. The molecule has 0 bridgehead atoms. The molecule has 0 aliphatic carbocycles. The van der Waals surface area contributed by atoms with Crippen LogP contribution in [0.3, 0.4) is 0 Å². The van der Waals surface area contributed by atoms with Gasteiger partial charge in [-0.1, -0.05) is 6.92 Å². The fraction of sp³-hybridized carbons (Fsp3) is 0.727. The van der Waals surface area contributed by atoms with Gasteiger partial charge in [-0.25, -0.2) is 4.79 Å². The van der Waals surface area contributed by atoms with Gasteiger partial charge in [0.25, 0.3) is 0 Å². The molecular formula is C11H21N3O4. The molecule has 0 aliphatic heterocycles. The lowest BCUT2D eigenvalue weighted by Gasteiger charge is -2.27. The van der Waals surface area contributed by atoms with Crippen LogP contribution in [-0.2, 0) is 14.4 Å². The number of nitrogens with one attached hydrogen (secondary N) is 1. The third-order valence-corrected chi connectivity index (χ3v) is 3.06. The molecule has 7 heteroatoms. The summed E-state index contributed by atoms with van der Waals surface area (Å²) in [6.45, 7) is 3.58. The summed E-state index contributed by atoms with van der Waals surface area (Å²) in [6.07, 6.45) is 0.376. The maximum atomic E-state index is 11.9. The molecule has 0 fully saturated rings. The smallest absolute Gasteiger partial charge is 0.326 e. The molecule has 0 heterocycles. The van der Waals surface area contributed by atoms with Gasteiger partial charge < -0.3 is 21.9 Å². The first kappa shape index (κ1) is 16.4. The Labute approximate surface area is 106 Å². The molecule has 18 heavy (non-hydrogen) atoms. The molecule has 0 saturated heterocycles. The Morgan fingerprint density at radius 1 is 1.39 bits per heavy atom. The van der Waals surface area contributed by atoms with Gasteiger partial charge in [-0.3, -0.25) is 9.59 Å². The number of carbonyl (C=O) groups is 3. The van der Waals surface area contributed by atoms with Crippen LogP contribution >= 0.6 is 0 Å². The van der Waals surface area contributed by atoms with Gasteiger partial charge in [-0.15, -0.1) is 0 Å². The minimum Gasteiger partial charge on any atom is -0.480 e. The Morgan fingerprint density at radius 3 is 2.28 bits per heavy atom. The van der Waals surface area contributed by atoms with Gasteiger partial charge in [0.15, 0.2) is 0 Å². The Hall–Kier alpha value is -1.63. The quantitative estimate of drug-likeness (QED) is 0.452. The lowest BCUT2D eigenvalue weighted by molar-refractivity contribution is -0.144. The molecule has 6 N–H and O–H groups in total. The van der Waals surface area contributed by atoms with Crippen LogP contribution in [0.2, 0.25) is 0 Å². The predicted molar refractivity (Wildman–Crippen MR) is 65.4 cm³/mol. The Balaban J connectivity index is 4.63. The zero-order valence-corrected chi connectivity index (χ0v) is 10.7. The first-order chi connectivity index (χ1) is 8.26. The summed E-state index contributed by atoms with van der Waals surface area (Å²) >= 11 is 0. The fourth-order valence-corrected chi connectivity index (χ4v) is 1.27. The average Bonchev–Trinajstić information content (AvgIpc) is 2.32. The van der Waals surface area contributed by atoms with Crippen molar-refractivity contribution in [3.8, 4) is 0 Å². The molecule has 0 aromatic rings. The van der Waals surface area contributed by atoms with Gasteiger partial charge in [0.1, 0.15) is 6.04 Å². The van der Waals surface area contributed by atoms with Crippen molar-refractivity contribution in [3.63, 3.8) is 0 Å². The van der Waals surface area contributed by atoms with Crippen molar-refractivity contribution in [1.29, 1.82) is 0 Å². The van der Waals surface area contributed by atoms with Gasteiger partial charge in [-0.2, -0.15) is 0 Å². The van der Waals surface area contributed by atoms with E-state index in [1.807, 2.05) is 0 Å². The second-order valence-electron chi connectivity index (χ2n) is 4.49. The van der Waals surface area contributed by atoms with Crippen LogP contribution in [0.4, 0.5) is 0 Å². The molecule has 2 amide bonds. The predicted octanol–water partition coefficient (Wildman–Crippen LogP) is -0.804. The molecule has 104 valence electrons. The largest absolute Gasteiger partial charge is 0.480 e. The highest BCUT2D eigenvalue weighted by atomic mass is 16.4. The van der Waals surface area contributed by atoms with E-state index in [0.29, 0.717) is 6.42 Å². The lowest BCUT2D eigenvalue weighted by Crippen LogP contribution is -2.50. The van der Waals surface area contributed by atoms with E-state index in [4.69, 9.17) is 16.6 Å². The number of nitrogens with two attached hydrogens (primary N) is 2. The molecular weight excluding hydrogens is 238 g/mol. The molecule has 2 atom stereocenters. The Bertz CT molecular complexity index is 326. The minimum atomic E-state index is -1.19. The summed E-state index contributed by atoms with van der Waals surface area (Å²) in [5, 5.41) is 11.3. The van der Waals surface area contributed by atoms with Crippen LogP contribution in [0.15, 0.2) is 0 Å². The number of carbonyl (C=O) groups excluding carboxylic acids is 2. The SMILES string of the molecule is CCC(C)(CN)C(=O)NC(CCC(N)=O)C(=O)O. The Kier molecular flexibility index (Phi) is 6.32. The van der Waals surface area contributed by atoms with Gasteiger partial charge in [0, 0.05) is 13.0 Å². The van der Waals surface area contributed by atoms with Crippen LogP contribution in [0.25, 0.3) is 0 Å². The van der Waals surface area contributed by atoms with Crippen LogP contribution < -0.4 is 16.8 Å². The van der Waals surface area contributed by atoms with E-state index in [2.05, 4.69) is 5.32 Å². The van der Waals surface area contributed by atoms with Gasteiger partial charge >= 0.3 is 5.97 Å². The maximum absolute atomic E-state index is 11.9. The number of amides is 2. The van der Waals surface area contributed by atoms with Crippen molar-refractivity contribution in [2.45, 2.75) is 39.2 Å². The van der Waals surface area contributed by atoms with Crippen LogP contribution in [0.5, 0.6) is 0 Å². The number of carboxylic acid groups (broad SMARTS) is 1. The molecule has 2 unspecified atom stereocenters. The van der Waals surface area contributed by atoms with Crippen molar-refractivity contribution in [1.82, 2.24) is 5.32 Å². The zero-order chi connectivity index (χ0) is 14.3. The van der Waals surface area contributed by atoms with Crippen LogP contribution in [0.1, 0.15) is 33.1 Å². The molecule has 0 aliphatic rings. The number of carboxylic acids is 1. The molecule has 0 rings (SSSR count). The monoisotopic (exact) mass is 259 g/mol. The molecule has 0 radical (unpaired) electrons. The van der Waals surface area contributed by atoms with E-state index in [-0.39, 0.29) is 19.4 Å². The summed E-state index contributed by atoms with van der Waals surface area (Å²) < 4.78 is 0. The van der Waals surface area contributed by atoms with E-state index in [0.717, 1.165) is 0 Å². The molecule has 0 aromatic heterocycles. The molecule has 0 saturated carbocycles. The molecule has 0 aromatic carbocycles. The van der Waals surface area contributed by atoms with E-state index in [9.17, 15) is 14.4 Å². The highest BCUT2D eigenvalue weighted by molar-refractivity contribution is 5.87. The fourth-order valence-electron chi connectivity index (χ4n) is 1.27. The molecule has 0 spiro atoms. The van der Waals surface area contributed by atoms with E-state index >= 15 is 0 Å². The van der Waals surface area contributed by atoms with E-state index in [1.54, 1.807) is 13.8 Å².